The van der Waals surface area contributed by atoms with E-state index in [1.165, 1.54) is 31.3 Å². The van der Waals surface area contributed by atoms with E-state index in [1.807, 2.05) is 0 Å². The molecule has 0 aliphatic heterocycles. The van der Waals surface area contributed by atoms with Gasteiger partial charge in [-0.2, -0.15) is 0 Å². The number of benzene rings is 2. The molecule has 0 saturated carbocycles. The highest BCUT2D eigenvalue weighted by atomic mass is 32.2. The smallest absolute Gasteiger partial charge is 0.264 e. The average Bonchev–Trinajstić information content (AvgIpc) is 2.47. The van der Waals surface area contributed by atoms with Crippen LogP contribution in [0.1, 0.15) is 5.56 Å². The highest BCUT2D eigenvalue weighted by molar-refractivity contribution is 7.92. The molecule has 0 aliphatic rings. The van der Waals surface area contributed by atoms with E-state index in [0.717, 1.165) is 22.5 Å². The minimum absolute atomic E-state index is 0.0774. The van der Waals surface area contributed by atoms with Gasteiger partial charge in [-0.1, -0.05) is 6.07 Å². The number of nitrogens with two attached hydrogens (primary N) is 1. The third-order valence-corrected chi connectivity index (χ3v) is 4.98. The molecule has 4 nitrogen and oxygen atoms in total. The molecule has 2 aromatic carbocycles. The summed E-state index contributed by atoms with van der Waals surface area (Å²) in [7, 11) is -2.67. The van der Waals surface area contributed by atoms with E-state index in [1.54, 1.807) is 0 Å². The molecule has 0 fully saturated rings. The number of halogens is 2. The molecule has 0 bridgehead atoms. The van der Waals surface area contributed by atoms with Gasteiger partial charge in [0.05, 0.1) is 10.6 Å². The number of hydrogen-bond donors (Lipinski definition) is 1. The van der Waals surface area contributed by atoms with E-state index in [9.17, 15) is 17.2 Å². The molecule has 112 valence electrons. The fourth-order valence-corrected chi connectivity index (χ4v) is 3.35. The van der Waals surface area contributed by atoms with E-state index in [4.69, 9.17) is 5.73 Å². The topological polar surface area (TPSA) is 63.4 Å². The Labute approximate surface area is 121 Å². The number of anilines is 1. The van der Waals surface area contributed by atoms with Gasteiger partial charge in [0.1, 0.15) is 11.6 Å². The Morgan fingerprint density at radius 3 is 2.29 bits per heavy atom. The van der Waals surface area contributed by atoms with Crippen LogP contribution in [0.5, 0.6) is 0 Å². The van der Waals surface area contributed by atoms with Crippen molar-refractivity contribution in [1.82, 2.24) is 0 Å². The quantitative estimate of drug-likeness (QED) is 0.942. The summed E-state index contributed by atoms with van der Waals surface area (Å²) in [4.78, 5) is -0.197. The van der Waals surface area contributed by atoms with Gasteiger partial charge >= 0.3 is 0 Å². The molecule has 0 amide bonds. The van der Waals surface area contributed by atoms with Gasteiger partial charge in [0.15, 0.2) is 0 Å². The maximum Gasteiger partial charge on any atom is 0.264 e. The van der Waals surface area contributed by atoms with Gasteiger partial charge in [-0.05, 0) is 36.4 Å². The number of hydrogen-bond acceptors (Lipinski definition) is 3. The lowest BCUT2D eigenvalue weighted by molar-refractivity contribution is 0.581. The first-order valence-electron chi connectivity index (χ1n) is 6.10. The molecule has 0 aliphatic carbocycles. The summed E-state index contributed by atoms with van der Waals surface area (Å²) in [6.07, 6.45) is 0. The van der Waals surface area contributed by atoms with Gasteiger partial charge in [-0.3, -0.25) is 4.31 Å². The van der Waals surface area contributed by atoms with E-state index >= 15 is 0 Å². The number of nitrogens with zero attached hydrogens (tertiary/aromatic N) is 1. The fourth-order valence-electron chi connectivity index (χ4n) is 1.92. The van der Waals surface area contributed by atoms with Gasteiger partial charge in [-0.15, -0.1) is 0 Å². The fraction of sp³-hybridized carbons (Fsp3) is 0.143. The molecule has 0 spiro atoms. The van der Waals surface area contributed by atoms with Gasteiger partial charge in [0.2, 0.25) is 0 Å². The summed E-state index contributed by atoms with van der Waals surface area (Å²) in [6, 6.07) is 8.70. The molecule has 2 aromatic rings. The molecule has 0 heterocycles. The Bertz CT molecular complexity index is 746. The summed E-state index contributed by atoms with van der Waals surface area (Å²) in [5, 5.41) is 0. The van der Waals surface area contributed by atoms with Crippen molar-refractivity contribution in [3.63, 3.8) is 0 Å². The van der Waals surface area contributed by atoms with Crippen molar-refractivity contribution < 1.29 is 17.2 Å². The van der Waals surface area contributed by atoms with Crippen molar-refractivity contribution in [2.75, 3.05) is 11.4 Å². The standard InChI is InChI=1S/C14H14F2N2O2S/c1-18(11-7-5-10(15)6-8-11)21(19,20)14-4-2-3-13(16)12(14)9-17/h2-8H,9,17H2,1H3. The molecule has 0 aromatic heterocycles. The van der Waals surface area contributed by atoms with Crippen LogP contribution in [0.15, 0.2) is 47.4 Å². The molecule has 21 heavy (non-hydrogen) atoms. The lowest BCUT2D eigenvalue weighted by atomic mass is 10.2. The second kappa shape index (κ2) is 5.79. The van der Waals surface area contributed by atoms with E-state index in [2.05, 4.69) is 0 Å². The summed E-state index contributed by atoms with van der Waals surface area (Å²) in [5.41, 5.74) is 5.62. The van der Waals surface area contributed by atoms with E-state index in [0.29, 0.717) is 0 Å². The maximum atomic E-state index is 13.7. The van der Waals surface area contributed by atoms with Crippen LogP contribution >= 0.6 is 0 Å². The van der Waals surface area contributed by atoms with Gasteiger partial charge in [0, 0.05) is 19.2 Å². The van der Waals surface area contributed by atoms with Crippen molar-refractivity contribution >= 4 is 15.7 Å². The SMILES string of the molecule is CN(c1ccc(F)cc1)S(=O)(=O)c1cccc(F)c1CN. The van der Waals surface area contributed by atoms with Gasteiger partial charge in [0.25, 0.3) is 10.0 Å². The Morgan fingerprint density at radius 1 is 1.10 bits per heavy atom. The van der Waals surface area contributed by atoms with Crippen molar-refractivity contribution in [1.29, 1.82) is 0 Å². The van der Waals surface area contributed by atoms with Crippen molar-refractivity contribution in [2.24, 2.45) is 5.73 Å². The van der Waals surface area contributed by atoms with Crippen LogP contribution in [-0.2, 0) is 16.6 Å². The van der Waals surface area contributed by atoms with Crippen LogP contribution in [0.4, 0.5) is 14.5 Å². The summed E-state index contributed by atoms with van der Waals surface area (Å²) < 4.78 is 52.7. The van der Waals surface area contributed by atoms with E-state index < -0.39 is 21.7 Å². The first-order chi connectivity index (χ1) is 9.87. The molecular weight excluding hydrogens is 298 g/mol. The molecule has 2 N–H and O–H groups in total. The molecule has 0 saturated heterocycles. The van der Waals surface area contributed by atoms with Crippen molar-refractivity contribution in [2.45, 2.75) is 11.4 Å². The molecule has 0 atom stereocenters. The zero-order chi connectivity index (χ0) is 15.6. The highest BCUT2D eigenvalue weighted by Crippen LogP contribution is 2.25. The first kappa shape index (κ1) is 15.4. The monoisotopic (exact) mass is 312 g/mol. The maximum absolute atomic E-state index is 13.7. The summed E-state index contributed by atoms with van der Waals surface area (Å²) in [5.74, 6) is -1.15. The van der Waals surface area contributed by atoms with Crippen LogP contribution < -0.4 is 10.0 Å². The molecule has 0 radical (unpaired) electrons. The van der Waals surface area contributed by atoms with Crippen LogP contribution in [0.2, 0.25) is 0 Å². The second-order valence-electron chi connectivity index (χ2n) is 4.37. The Morgan fingerprint density at radius 2 is 1.71 bits per heavy atom. The zero-order valence-corrected chi connectivity index (χ0v) is 12.1. The third-order valence-electron chi connectivity index (χ3n) is 3.11. The van der Waals surface area contributed by atoms with Crippen LogP contribution in [0, 0.1) is 11.6 Å². The molecule has 7 heteroatoms. The lowest BCUT2D eigenvalue weighted by Crippen LogP contribution is -2.28. The highest BCUT2D eigenvalue weighted by Gasteiger charge is 2.25. The van der Waals surface area contributed by atoms with Crippen LogP contribution in [0.25, 0.3) is 0 Å². The van der Waals surface area contributed by atoms with Gasteiger partial charge < -0.3 is 5.73 Å². The predicted octanol–water partition coefficient (Wildman–Crippen LogP) is 2.25. The minimum Gasteiger partial charge on any atom is -0.326 e. The molecule has 2 rings (SSSR count). The summed E-state index contributed by atoms with van der Waals surface area (Å²) in [6.45, 7) is -0.238. The first-order valence-corrected chi connectivity index (χ1v) is 7.54. The van der Waals surface area contributed by atoms with Crippen LogP contribution in [-0.4, -0.2) is 15.5 Å². The molecular formula is C14H14F2N2O2S. The summed E-state index contributed by atoms with van der Waals surface area (Å²) >= 11 is 0. The van der Waals surface area contributed by atoms with Crippen LogP contribution in [0.3, 0.4) is 0 Å². The Kier molecular flexibility index (Phi) is 4.24. The minimum atomic E-state index is -3.98. The van der Waals surface area contributed by atoms with Crippen molar-refractivity contribution in [3.05, 3.63) is 59.7 Å². The third kappa shape index (κ3) is 2.88. The Balaban J connectivity index is 2.52. The normalized spacial score (nSPS) is 11.4. The number of rotatable bonds is 4. The van der Waals surface area contributed by atoms with Crippen molar-refractivity contribution in [3.8, 4) is 0 Å². The Hall–Kier alpha value is -1.99. The number of sulfonamides is 1. The molecule has 0 unspecified atom stereocenters. The largest absolute Gasteiger partial charge is 0.326 e. The second-order valence-corrected chi connectivity index (χ2v) is 6.31. The zero-order valence-electron chi connectivity index (χ0n) is 11.3. The average molecular weight is 312 g/mol. The van der Waals surface area contributed by atoms with E-state index in [-0.39, 0.29) is 22.7 Å². The van der Waals surface area contributed by atoms with Gasteiger partial charge in [-0.25, -0.2) is 17.2 Å². The lowest BCUT2D eigenvalue weighted by Gasteiger charge is -2.21. The predicted molar refractivity (Wildman–Crippen MR) is 76.3 cm³/mol.